The molecule has 1 atom stereocenters. The van der Waals surface area contributed by atoms with Crippen molar-refractivity contribution in [3.63, 3.8) is 0 Å². The van der Waals surface area contributed by atoms with E-state index in [0.717, 1.165) is 31.2 Å². The molecule has 1 saturated heterocycles. The van der Waals surface area contributed by atoms with Crippen LogP contribution in [0.2, 0.25) is 0 Å². The van der Waals surface area contributed by atoms with Gasteiger partial charge in [-0.1, -0.05) is 17.3 Å². The molecule has 1 aliphatic rings. The lowest BCUT2D eigenvalue weighted by Crippen LogP contribution is -2.22. The van der Waals surface area contributed by atoms with E-state index >= 15 is 0 Å². The van der Waals surface area contributed by atoms with E-state index < -0.39 is 18.6 Å². The highest BCUT2D eigenvalue weighted by Gasteiger charge is 2.36. The molecule has 0 bridgehead atoms. The van der Waals surface area contributed by atoms with Crippen LogP contribution in [-0.4, -0.2) is 34.6 Å². The minimum atomic E-state index is -3.69. The summed E-state index contributed by atoms with van der Waals surface area (Å²) in [6.45, 7) is 3.40. The summed E-state index contributed by atoms with van der Waals surface area (Å²) < 4.78 is 45.2. The van der Waals surface area contributed by atoms with Gasteiger partial charge in [0.2, 0.25) is 5.82 Å². The number of hydrogen-bond acceptors (Lipinski definition) is 4. The van der Waals surface area contributed by atoms with Crippen molar-refractivity contribution in [2.75, 3.05) is 19.8 Å². The molecule has 3 rings (SSSR count). The van der Waals surface area contributed by atoms with Crippen LogP contribution in [-0.2, 0) is 9.95 Å². The van der Waals surface area contributed by atoms with E-state index in [2.05, 4.69) is 14.7 Å². The van der Waals surface area contributed by atoms with Crippen molar-refractivity contribution in [3.8, 4) is 11.4 Å². The van der Waals surface area contributed by atoms with Crippen molar-refractivity contribution in [3.05, 3.63) is 30.2 Å². The third-order valence-corrected chi connectivity index (χ3v) is 6.79. The van der Waals surface area contributed by atoms with E-state index in [-0.39, 0.29) is 5.82 Å². The molecule has 0 amide bonds. The molecule has 0 radical (unpaired) electrons. The van der Waals surface area contributed by atoms with Crippen LogP contribution in [0.25, 0.3) is 11.4 Å². The second kappa shape index (κ2) is 5.96. The molecular weight excluding hydrogens is 347 g/mol. The van der Waals surface area contributed by atoms with Gasteiger partial charge in [-0.3, -0.25) is 0 Å². The molecule has 23 heavy (non-hydrogen) atoms. The number of halogens is 3. The fourth-order valence-corrected chi connectivity index (χ4v) is 4.74. The molecule has 124 valence electrons. The Morgan fingerprint density at radius 3 is 2.39 bits per heavy atom. The first kappa shape index (κ1) is 16.6. The summed E-state index contributed by atoms with van der Waals surface area (Å²) in [4.78, 5) is 3.58. The van der Waals surface area contributed by atoms with Gasteiger partial charge in [0.25, 0.3) is 0 Å². The van der Waals surface area contributed by atoms with Crippen LogP contribution in [0.4, 0.5) is 8.78 Å². The normalized spacial score (nSPS) is 19.0. The standard InChI is InChI=1S/C14H15ClF2N3O2P/c1-23(21,20-8-2-3-9-20)11-6-4-10(5-7-11)12-18-13(22-19-12)14(15,16)17/h4-7H,2-3,8-9H2,1H3. The molecular formula is C14H15ClF2N3O2P. The molecule has 0 spiro atoms. The summed E-state index contributed by atoms with van der Waals surface area (Å²) in [5, 5.41) is 0.515. The number of hydrogen-bond donors (Lipinski definition) is 0. The van der Waals surface area contributed by atoms with E-state index in [1.54, 1.807) is 30.9 Å². The summed E-state index contributed by atoms with van der Waals surface area (Å²) in [5.41, 5.74) is 0.492. The number of aromatic nitrogens is 2. The van der Waals surface area contributed by atoms with Crippen molar-refractivity contribution in [1.29, 1.82) is 0 Å². The lowest BCUT2D eigenvalue weighted by Gasteiger charge is -2.24. The Kier molecular flexibility index (Phi) is 4.29. The Hall–Kier alpha value is -1.30. The molecule has 0 aliphatic carbocycles. The topological polar surface area (TPSA) is 59.2 Å². The number of nitrogens with zero attached hydrogens (tertiary/aromatic N) is 3. The van der Waals surface area contributed by atoms with Gasteiger partial charge >= 0.3 is 11.3 Å². The van der Waals surface area contributed by atoms with E-state index in [0.29, 0.717) is 5.56 Å². The summed E-state index contributed by atoms with van der Waals surface area (Å²) in [5.74, 6) is -0.935. The molecule has 1 aromatic heterocycles. The van der Waals surface area contributed by atoms with Gasteiger partial charge in [-0.05, 0) is 36.6 Å². The Morgan fingerprint density at radius 1 is 1.26 bits per heavy atom. The van der Waals surface area contributed by atoms with Gasteiger partial charge in [0.05, 0.1) is 0 Å². The molecule has 2 heterocycles. The first-order chi connectivity index (χ1) is 10.8. The van der Waals surface area contributed by atoms with E-state index in [4.69, 9.17) is 11.6 Å². The molecule has 0 saturated carbocycles. The smallest absolute Gasteiger partial charge is 0.331 e. The number of rotatable bonds is 4. The van der Waals surface area contributed by atoms with Gasteiger partial charge in [0, 0.05) is 30.6 Å². The minimum absolute atomic E-state index is 0.0129. The average Bonchev–Trinajstić information content (AvgIpc) is 3.18. The van der Waals surface area contributed by atoms with Crippen LogP contribution in [0.1, 0.15) is 18.7 Å². The van der Waals surface area contributed by atoms with Gasteiger partial charge in [-0.15, -0.1) is 0 Å². The Morgan fingerprint density at radius 2 is 1.87 bits per heavy atom. The fourth-order valence-electron chi connectivity index (χ4n) is 2.59. The predicted molar refractivity (Wildman–Crippen MR) is 83.5 cm³/mol. The van der Waals surface area contributed by atoms with Crippen molar-refractivity contribution < 1.29 is 17.9 Å². The molecule has 1 aromatic carbocycles. The summed E-state index contributed by atoms with van der Waals surface area (Å²) in [6, 6.07) is 6.71. The SMILES string of the molecule is CP(=O)(c1ccc(-c2noc(C(F)(F)Cl)n2)cc1)N1CCCC1. The Labute approximate surface area is 137 Å². The van der Waals surface area contributed by atoms with Crippen molar-refractivity contribution >= 4 is 24.2 Å². The first-order valence-corrected chi connectivity index (χ1v) is 9.62. The molecule has 5 nitrogen and oxygen atoms in total. The largest absolute Gasteiger partial charge is 0.400 e. The number of benzene rings is 1. The van der Waals surface area contributed by atoms with Crippen LogP contribution in [0.3, 0.4) is 0 Å². The highest BCUT2D eigenvalue weighted by Crippen LogP contribution is 2.46. The molecule has 2 aromatic rings. The zero-order valence-corrected chi connectivity index (χ0v) is 14.0. The highest BCUT2D eigenvalue weighted by atomic mass is 35.5. The second-order valence-electron chi connectivity index (χ2n) is 5.51. The van der Waals surface area contributed by atoms with Crippen molar-refractivity contribution in [2.45, 2.75) is 18.2 Å². The van der Waals surface area contributed by atoms with Crippen LogP contribution in [0.15, 0.2) is 28.8 Å². The summed E-state index contributed by atoms with van der Waals surface area (Å²) in [7, 11) is -2.60. The predicted octanol–water partition coefficient (Wildman–Crippen LogP) is 3.65. The maximum Gasteiger partial charge on any atom is 0.400 e. The van der Waals surface area contributed by atoms with Crippen LogP contribution >= 0.6 is 18.9 Å². The highest BCUT2D eigenvalue weighted by molar-refractivity contribution is 7.68. The van der Waals surface area contributed by atoms with E-state index in [9.17, 15) is 13.3 Å². The lowest BCUT2D eigenvalue weighted by atomic mass is 10.2. The van der Waals surface area contributed by atoms with Crippen LogP contribution < -0.4 is 5.30 Å². The van der Waals surface area contributed by atoms with Crippen molar-refractivity contribution in [1.82, 2.24) is 14.8 Å². The Balaban J connectivity index is 1.85. The van der Waals surface area contributed by atoms with Gasteiger partial charge in [0.15, 0.2) is 7.29 Å². The molecule has 1 unspecified atom stereocenters. The van der Waals surface area contributed by atoms with E-state index in [1.165, 1.54) is 0 Å². The zero-order chi connectivity index (χ0) is 16.7. The molecule has 1 fully saturated rings. The maximum atomic E-state index is 13.0. The van der Waals surface area contributed by atoms with E-state index in [1.807, 2.05) is 4.67 Å². The lowest BCUT2D eigenvalue weighted by molar-refractivity contribution is 0.0551. The van der Waals surface area contributed by atoms with Gasteiger partial charge in [-0.2, -0.15) is 13.8 Å². The van der Waals surface area contributed by atoms with Gasteiger partial charge in [-0.25, -0.2) is 4.67 Å². The zero-order valence-electron chi connectivity index (χ0n) is 12.4. The fraction of sp³-hybridized carbons (Fsp3) is 0.429. The third-order valence-electron chi connectivity index (χ3n) is 3.90. The Bertz CT molecular complexity index is 739. The number of alkyl halides is 3. The molecule has 9 heteroatoms. The van der Waals surface area contributed by atoms with Crippen molar-refractivity contribution in [2.24, 2.45) is 0 Å². The quantitative estimate of drug-likeness (QED) is 0.614. The van der Waals surface area contributed by atoms with Crippen LogP contribution in [0, 0.1) is 0 Å². The van der Waals surface area contributed by atoms with Crippen LogP contribution in [0.5, 0.6) is 0 Å². The third kappa shape index (κ3) is 3.32. The first-order valence-electron chi connectivity index (χ1n) is 7.13. The monoisotopic (exact) mass is 361 g/mol. The summed E-state index contributed by atoms with van der Waals surface area (Å²) in [6.07, 6.45) is 2.10. The molecule has 0 N–H and O–H groups in total. The second-order valence-corrected chi connectivity index (χ2v) is 8.82. The average molecular weight is 362 g/mol. The minimum Gasteiger partial charge on any atom is -0.331 e. The summed E-state index contributed by atoms with van der Waals surface area (Å²) >= 11 is 4.85. The van der Waals surface area contributed by atoms with Gasteiger partial charge in [0.1, 0.15) is 0 Å². The van der Waals surface area contributed by atoms with Gasteiger partial charge < -0.3 is 9.09 Å². The maximum absolute atomic E-state index is 13.0. The molecule has 1 aliphatic heterocycles.